The summed E-state index contributed by atoms with van der Waals surface area (Å²) in [6.45, 7) is 0. The molecule has 8 nitrogen and oxygen atoms in total. The minimum Gasteiger partial charge on any atom is -0.438 e. The second-order valence-corrected chi connectivity index (χ2v) is 6.35. The first-order valence-corrected chi connectivity index (χ1v) is 8.17. The lowest BCUT2D eigenvalue weighted by atomic mass is 9.85. The van der Waals surface area contributed by atoms with Gasteiger partial charge in [0.25, 0.3) is 5.56 Å². The van der Waals surface area contributed by atoms with Crippen molar-refractivity contribution in [3.05, 3.63) is 57.5 Å². The third-order valence-electron chi connectivity index (χ3n) is 3.96. The number of thiazole rings is 1. The molecule has 0 aromatic carbocycles. The van der Waals surface area contributed by atoms with Gasteiger partial charge in [0.05, 0.1) is 11.5 Å². The normalized spacial score (nSPS) is 16.2. The van der Waals surface area contributed by atoms with Gasteiger partial charge < -0.3 is 20.8 Å². The molecule has 4 rings (SSSR count). The van der Waals surface area contributed by atoms with Crippen LogP contribution in [0.1, 0.15) is 17.0 Å². The maximum absolute atomic E-state index is 12.7. The molecule has 3 aromatic rings. The Bertz CT molecular complexity index is 1110. The molecule has 9 heteroatoms. The number of H-pyrrole nitrogens is 1. The first kappa shape index (κ1) is 15.2. The third kappa shape index (κ3) is 2.23. The standard InChI is InChI=1S/C16H12N6O2S/c1-19-16-22-14-12(25-16)11-10(15(23)21-14)9(7-3-2-4-20-6-7)8(5-17)13(18)24-11/h2-4,6,9H,18H2,1H3,(H2,19,21,22,23). The van der Waals surface area contributed by atoms with Crippen LogP contribution in [0.15, 0.2) is 40.8 Å². The molecule has 25 heavy (non-hydrogen) atoms. The Labute approximate surface area is 145 Å². The zero-order valence-corrected chi connectivity index (χ0v) is 13.8. The molecule has 0 spiro atoms. The Morgan fingerprint density at radius 2 is 2.36 bits per heavy atom. The number of aromatic nitrogens is 3. The quantitative estimate of drug-likeness (QED) is 0.639. The summed E-state index contributed by atoms with van der Waals surface area (Å²) >= 11 is 1.33. The average Bonchev–Trinajstić information content (AvgIpc) is 3.04. The summed E-state index contributed by atoms with van der Waals surface area (Å²) in [5.74, 6) is -0.325. The van der Waals surface area contributed by atoms with Crippen LogP contribution < -0.4 is 21.3 Å². The van der Waals surface area contributed by atoms with E-state index in [0.29, 0.717) is 32.4 Å². The van der Waals surface area contributed by atoms with E-state index in [1.165, 1.54) is 11.3 Å². The molecular formula is C16H12N6O2S. The Hall–Kier alpha value is -3.38. The van der Waals surface area contributed by atoms with Crippen molar-refractivity contribution in [2.75, 3.05) is 12.4 Å². The highest BCUT2D eigenvalue weighted by Gasteiger charge is 2.35. The molecule has 124 valence electrons. The number of nitriles is 1. The van der Waals surface area contributed by atoms with Gasteiger partial charge in [0.2, 0.25) is 5.88 Å². The summed E-state index contributed by atoms with van der Waals surface area (Å²) in [6, 6.07) is 5.60. The van der Waals surface area contributed by atoms with E-state index >= 15 is 0 Å². The maximum Gasteiger partial charge on any atom is 0.257 e. The highest BCUT2D eigenvalue weighted by atomic mass is 32.1. The Balaban J connectivity index is 2.07. The summed E-state index contributed by atoms with van der Waals surface area (Å²) in [5.41, 5.74) is 7.23. The van der Waals surface area contributed by atoms with Crippen molar-refractivity contribution in [3.8, 4) is 11.8 Å². The number of hydrogen-bond donors (Lipinski definition) is 3. The van der Waals surface area contributed by atoms with Crippen LogP contribution in [0.5, 0.6) is 5.75 Å². The SMILES string of the molecule is CNc1nc2[nH]c(=O)c3c(c2s1)OC(N)=C(C#N)C3c1cccnc1. The first-order chi connectivity index (χ1) is 12.1. The number of ether oxygens (including phenoxy) is 1. The second kappa shape index (κ2) is 5.61. The molecule has 1 aliphatic heterocycles. The van der Waals surface area contributed by atoms with E-state index in [9.17, 15) is 10.1 Å². The monoisotopic (exact) mass is 352 g/mol. The molecule has 0 saturated heterocycles. The van der Waals surface area contributed by atoms with Gasteiger partial charge in [-0.05, 0) is 11.6 Å². The molecule has 0 bridgehead atoms. The predicted molar refractivity (Wildman–Crippen MR) is 93.3 cm³/mol. The van der Waals surface area contributed by atoms with Crippen molar-refractivity contribution in [1.29, 1.82) is 5.26 Å². The van der Waals surface area contributed by atoms with Gasteiger partial charge >= 0.3 is 0 Å². The number of aromatic amines is 1. The third-order valence-corrected chi connectivity index (χ3v) is 5.03. The molecule has 0 radical (unpaired) electrons. The predicted octanol–water partition coefficient (Wildman–Crippen LogP) is 1.64. The fourth-order valence-electron chi connectivity index (χ4n) is 2.88. The van der Waals surface area contributed by atoms with Crippen molar-refractivity contribution in [2.45, 2.75) is 5.92 Å². The number of nitrogens with one attached hydrogen (secondary N) is 2. The molecule has 3 aromatic heterocycles. The highest BCUT2D eigenvalue weighted by Crippen LogP contribution is 2.44. The summed E-state index contributed by atoms with van der Waals surface area (Å²) in [6.07, 6.45) is 3.23. The minimum atomic E-state index is -0.643. The number of allylic oxidation sites excluding steroid dienone is 1. The number of fused-ring (bicyclic) bond motifs is 3. The van der Waals surface area contributed by atoms with Crippen molar-refractivity contribution >= 4 is 26.8 Å². The van der Waals surface area contributed by atoms with Gasteiger partial charge in [-0.15, -0.1) is 0 Å². The zero-order chi connectivity index (χ0) is 17.6. The van der Waals surface area contributed by atoms with Crippen LogP contribution in [0, 0.1) is 11.3 Å². The molecule has 4 N–H and O–H groups in total. The van der Waals surface area contributed by atoms with E-state index in [4.69, 9.17) is 10.5 Å². The van der Waals surface area contributed by atoms with Crippen LogP contribution in [0.2, 0.25) is 0 Å². The fraction of sp³-hybridized carbons (Fsp3) is 0.125. The van der Waals surface area contributed by atoms with Crippen LogP contribution in [0.25, 0.3) is 10.3 Å². The van der Waals surface area contributed by atoms with Crippen LogP contribution in [0.3, 0.4) is 0 Å². The molecule has 0 aliphatic carbocycles. The number of nitrogens with zero attached hydrogens (tertiary/aromatic N) is 3. The van der Waals surface area contributed by atoms with Gasteiger partial charge in [-0.1, -0.05) is 17.4 Å². The molecule has 0 amide bonds. The number of hydrogen-bond acceptors (Lipinski definition) is 8. The molecule has 0 fully saturated rings. The molecule has 0 saturated carbocycles. The molecule has 1 unspecified atom stereocenters. The van der Waals surface area contributed by atoms with E-state index in [2.05, 4.69) is 26.3 Å². The summed E-state index contributed by atoms with van der Waals surface area (Å²) in [5, 5.41) is 13.1. The van der Waals surface area contributed by atoms with Crippen molar-refractivity contribution < 1.29 is 4.74 Å². The summed E-state index contributed by atoms with van der Waals surface area (Å²) in [4.78, 5) is 23.9. The number of anilines is 1. The van der Waals surface area contributed by atoms with Gasteiger partial charge in [-0.2, -0.15) is 5.26 Å². The number of nitrogens with two attached hydrogens (primary N) is 1. The van der Waals surface area contributed by atoms with Crippen LogP contribution in [0.4, 0.5) is 5.13 Å². The second-order valence-electron chi connectivity index (χ2n) is 5.35. The summed E-state index contributed by atoms with van der Waals surface area (Å²) < 4.78 is 6.34. The van der Waals surface area contributed by atoms with E-state index < -0.39 is 5.92 Å². The van der Waals surface area contributed by atoms with Crippen molar-refractivity contribution in [2.24, 2.45) is 5.73 Å². The fourth-order valence-corrected chi connectivity index (χ4v) is 3.75. The molecule has 4 heterocycles. The Morgan fingerprint density at radius 1 is 1.52 bits per heavy atom. The molecule has 1 aliphatic rings. The van der Waals surface area contributed by atoms with Gasteiger partial charge in [-0.25, -0.2) is 4.98 Å². The van der Waals surface area contributed by atoms with Crippen molar-refractivity contribution in [1.82, 2.24) is 15.0 Å². The minimum absolute atomic E-state index is 0.0184. The number of rotatable bonds is 2. The maximum atomic E-state index is 12.7. The van der Waals surface area contributed by atoms with Gasteiger partial charge in [-0.3, -0.25) is 9.78 Å². The molecular weight excluding hydrogens is 340 g/mol. The zero-order valence-electron chi connectivity index (χ0n) is 13.0. The van der Waals surface area contributed by atoms with Crippen LogP contribution in [-0.2, 0) is 0 Å². The lowest BCUT2D eigenvalue weighted by Crippen LogP contribution is -2.27. The average molecular weight is 352 g/mol. The van der Waals surface area contributed by atoms with Crippen LogP contribution in [-0.4, -0.2) is 22.0 Å². The Morgan fingerprint density at radius 3 is 3.04 bits per heavy atom. The van der Waals surface area contributed by atoms with E-state index in [1.807, 2.05) is 0 Å². The van der Waals surface area contributed by atoms with Crippen molar-refractivity contribution in [3.63, 3.8) is 0 Å². The first-order valence-electron chi connectivity index (χ1n) is 7.36. The topological polar surface area (TPSA) is 130 Å². The Kier molecular flexibility index (Phi) is 3.40. The van der Waals surface area contributed by atoms with Gasteiger partial charge in [0, 0.05) is 19.4 Å². The lowest BCUT2D eigenvalue weighted by molar-refractivity contribution is 0.397. The highest BCUT2D eigenvalue weighted by molar-refractivity contribution is 7.22. The smallest absolute Gasteiger partial charge is 0.257 e. The van der Waals surface area contributed by atoms with Gasteiger partial charge in [0.1, 0.15) is 16.3 Å². The summed E-state index contributed by atoms with van der Waals surface area (Å²) in [7, 11) is 1.74. The largest absolute Gasteiger partial charge is 0.438 e. The van der Waals surface area contributed by atoms with E-state index in [1.54, 1.807) is 31.6 Å². The van der Waals surface area contributed by atoms with E-state index in [0.717, 1.165) is 0 Å². The lowest BCUT2D eigenvalue weighted by Gasteiger charge is -2.25. The molecule has 1 atom stereocenters. The van der Waals surface area contributed by atoms with Crippen LogP contribution >= 0.6 is 11.3 Å². The number of pyridine rings is 2. The van der Waals surface area contributed by atoms with Gasteiger partial charge in [0.15, 0.2) is 16.5 Å². The van der Waals surface area contributed by atoms with E-state index in [-0.39, 0.29) is 17.0 Å².